The van der Waals surface area contributed by atoms with Crippen molar-refractivity contribution in [3.05, 3.63) is 48.2 Å². The monoisotopic (exact) mass is 356 g/mol. The van der Waals surface area contributed by atoms with Crippen LogP contribution in [0.4, 0.5) is 21.5 Å². The van der Waals surface area contributed by atoms with E-state index in [2.05, 4.69) is 20.6 Å². The summed E-state index contributed by atoms with van der Waals surface area (Å²) in [6, 6.07) is 7.87. The van der Waals surface area contributed by atoms with Crippen LogP contribution in [-0.2, 0) is 9.53 Å². The normalized spacial score (nSPS) is 10.6. The van der Waals surface area contributed by atoms with Crippen molar-refractivity contribution in [2.75, 3.05) is 17.2 Å². The Morgan fingerprint density at radius 1 is 1.23 bits per heavy atom. The largest absolute Gasteiger partial charge is 0.461 e. The smallest absolute Gasteiger partial charge is 0.354 e. The molecule has 0 unspecified atom stereocenters. The lowest BCUT2D eigenvalue weighted by atomic mass is 10.1. The molecule has 134 valence electrons. The third-order valence-corrected chi connectivity index (χ3v) is 3.56. The molecule has 0 aliphatic carbocycles. The molecular formula is C18H17FN4O3. The van der Waals surface area contributed by atoms with Crippen molar-refractivity contribution < 1.29 is 18.7 Å². The van der Waals surface area contributed by atoms with E-state index in [1.807, 2.05) is 0 Å². The molecule has 0 saturated carbocycles. The van der Waals surface area contributed by atoms with Gasteiger partial charge in [0.25, 0.3) is 0 Å². The van der Waals surface area contributed by atoms with E-state index in [0.29, 0.717) is 33.7 Å². The SMILES string of the molecule is CCOC(=O)c1cc2c(Nc3ccc(F)nc3)cc(NC(C)=O)cc2[nH]1. The summed E-state index contributed by atoms with van der Waals surface area (Å²) in [5, 5.41) is 6.54. The fraction of sp³-hybridized carbons (Fsp3) is 0.167. The number of H-pyrrole nitrogens is 1. The third-order valence-electron chi connectivity index (χ3n) is 3.56. The van der Waals surface area contributed by atoms with Crippen LogP contribution < -0.4 is 10.6 Å². The average molecular weight is 356 g/mol. The molecule has 8 heteroatoms. The number of fused-ring (bicyclic) bond motifs is 1. The summed E-state index contributed by atoms with van der Waals surface area (Å²) in [7, 11) is 0. The lowest BCUT2D eigenvalue weighted by molar-refractivity contribution is -0.114. The van der Waals surface area contributed by atoms with Gasteiger partial charge in [-0.3, -0.25) is 4.79 Å². The Balaban J connectivity index is 2.06. The molecule has 0 bridgehead atoms. The van der Waals surface area contributed by atoms with Gasteiger partial charge in [-0.05, 0) is 37.3 Å². The van der Waals surface area contributed by atoms with Crippen LogP contribution in [0.1, 0.15) is 24.3 Å². The Bertz CT molecular complexity index is 966. The molecule has 0 fully saturated rings. The first kappa shape index (κ1) is 17.4. The van der Waals surface area contributed by atoms with Crippen LogP contribution in [0.15, 0.2) is 36.5 Å². The lowest BCUT2D eigenvalue weighted by Gasteiger charge is -2.10. The lowest BCUT2D eigenvalue weighted by Crippen LogP contribution is -2.06. The number of halogens is 1. The summed E-state index contributed by atoms with van der Waals surface area (Å²) < 4.78 is 18.0. The van der Waals surface area contributed by atoms with E-state index in [-0.39, 0.29) is 12.5 Å². The number of carbonyl (C=O) groups excluding carboxylic acids is 2. The number of hydrogen-bond acceptors (Lipinski definition) is 5. The molecule has 0 radical (unpaired) electrons. The van der Waals surface area contributed by atoms with E-state index in [1.54, 1.807) is 25.1 Å². The maximum atomic E-state index is 13.0. The number of aromatic amines is 1. The zero-order valence-electron chi connectivity index (χ0n) is 14.2. The van der Waals surface area contributed by atoms with Crippen LogP contribution in [-0.4, -0.2) is 28.5 Å². The fourth-order valence-electron chi connectivity index (χ4n) is 2.54. The molecule has 3 rings (SSSR count). The fourth-order valence-corrected chi connectivity index (χ4v) is 2.54. The van der Waals surface area contributed by atoms with E-state index >= 15 is 0 Å². The van der Waals surface area contributed by atoms with Gasteiger partial charge in [-0.2, -0.15) is 4.39 Å². The number of amides is 1. The number of carbonyl (C=O) groups is 2. The zero-order valence-corrected chi connectivity index (χ0v) is 14.2. The number of nitrogens with zero attached hydrogens (tertiary/aromatic N) is 1. The minimum Gasteiger partial charge on any atom is -0.461 e. The Labute approximate surface area is 148 Å². The van der Waals surface area contributed by atoms with Crippen LogP contribution in [0.25, 0.3) is 10.9 Å². The first-order valence-electron chi connectivity index (χ1n) is 7.96. The number of esters is 1. The number of ether oxygens (including phenoxy) is 1. The number of pyridine rings is 1. The Morgan fingerprint density at radius 2 is 2.04 bits per heavy atom. The van der Waals surface area contributed by atoms with Crippen LogP contribution >= 0.6 is 0 Å². The number of anilines is 3. The topological polar surface area (TPSA) is 96.1 Å². The second-order valence-electron chi connectivity index (χ2n) is 5.56. The maximum absolute atomic E-state index is 13.0. The summed E-state index contributed by atoms with van der Waals surface area (Å²) >= 11 is 0. The molecule has 7 nitrogen and oxygen atoms in total. The maximum Gasteiger partial charge on any atom is 0.354 e. The summed E-state index contributed by atoms with van der Waals surface area (Å²) in [6.07, 6.45) is 1.35. The van der Waals surface area contributed by atoms with Gasteiger partial charge in [0.2, 0.25) is 11.9 Å². The predicted molar refractivity (Wildman–Crippen MR) is 96.0 cm³/mol. The predicted octanol–water partition coefficient (Wildman–Crippen LogP) is 3.58. The zero-order chi connectivity index (χ0) is 18.7. The van der Waals surface area contributed by atoms with Gasteiger partial charge in [0.15, 0.2) is 0 Å². The van der Waals surface area contributed by atoms with Gasteiger partial charge in [-0.25, -0.2) is 9.78 Å². The highest BCUT2D eigenvalue weighted by Crippen LogP contribution is 2.31. The second kappa shape index (κ2) is 7.22. The molecule has 1 amide bonds. The number of nitrogens with one attached hydrogen (secondary N) is 3. The molecule has 3 N–H and O–H groups in total. The van der Waals surface area contributed by atoms with Crippen molar-refractivity contribution in [1.29, 1.82) is 0 Å². The van der Waals surface area contributed by atoms with Crippen molar-refractivity contribution in [3.63, 3.8) is 0 Å². The van der Waals surface area contributed by atoms with Crippen LogP contribution in [0, 0.1) is 5.95 Å². The van der Waals surface area contributed by atoms with Gasteiger partial charge < -0.3 is 20.4 Å². The van der Waals surface area contributed by atoms with Crippen molar-refractivity contribution in [3.8, 4) is 0 Å². The van der Waals surface area contributed by atoms with Crippen molar-refractivity contribution >= 4 is 39.8 Å². The molecule has 0 aliphatic heterocycles. The number of rotatable bonds is 5. The Kier molecular flexibility index (Phi) is 4.83. The first-order valence-corrected chi connectivity index (χ1v) is 7.96. The standard InChI is InChI=1S/C18H17FN4O3/c1-3-26-18(25)16-8-13-14(22-11-4-5-17(19)20-9-11)6-12(21-10(2)24)7-15(13)23-16/h4-9,22-23H,3H2,1-2H3,(H,21,24). The number of hydrogen-bond donors (Lipinski definition) is 3. The van der Waals surface area contributed by atoms with E-state index in [9.17, 15) is 14.0 Å². The van der Waals surface area contributed by atoms with Crippen molar-refractivity contribution in [2.24, 2.45) is 0 Å². The van der Waals surface area contributed by atoms with E-state index < -0.39 is 11.9 Å². The minimum absolute atomic E-state index is 0.226. The summed E-state index contributed by atoms with van der Waals surface area (Å²) in [5.41, 5.74) is 2.65. The molecule has 0 spiro atoms. The number of benzene rings is 1. The molecule has 0 aliphatic rings. The van der Waals surface area contributed by atoms with Crippen molar-refractivity contribution in [1.82, 2.24) is 9.97 Å². The van der Waals surface area contributed by atoms with Crippen LogP contribution in [0.3, 0.4) is 0 Å². The molecule has 0 atom stereocenters. The number of aromatic nitrogens is 2. The highest BCUT2D eigenvalue weighted by Gasteiger charge is 2.14. The van der Waals surface area contributed by atoms with Crippen LogP contribution in [0.5, 0.6) is 0 Å². The van der Waals surface area contributed by atoms with E-state index in [4.69, 9.17) is 4.74 Å². The molecule has 2 aromatic heterocycles. The van der Waals surface area contributed by atoms with Crippen molar-refractivity contribution in [2.45, 2.75) is 13.8 Å². The van der Waals surface area contributed by atoms with Gasteiger partial charge in [-0.1, -0.05) is 0 Å². The van der Waals surface area contributed by atoms with E-state index in [0.717, 1.165) is 0 Å². The van der Waals surface area contributed by atoms with Gasteiger partial charge in [-0.15, -0.1) is 0 Å². The molecular weight excluding hydrogens is 339 g/mol. The molecule has 0 saturated heterocycles. The Hall–Kier alpha value is -3.42. The van der Waals surface area contributed by atoms with Crippen LogP contribution in [0.2, 0.25) is 0 Å². The quantitative estimate of drug-likeness (QED) is 0.480. The molecule has 3 aromatic rings. The molecule has 26 heavy (non-hydrogen) atoms. The minimum atomic E-state index is -0.584. The van der Waals surface area contributed by atoms with Gasteiger partial charge in [0, 0.05) is 18.0 Å². The summed E-state index contributed by atoms with van der Waals surface area (Å²) in [6.45, 7) is 3.39. The van der Waals surface area contributed by atoms with E-state index in [1.165, 1.54) is 25.3 Å². The van der Waals surface area contributed by atoms with Gasteiger partial charge in [0.1, 0.15) is 5.69 Å². The molecule has 1 aromatic carbocycles. The summed E-state index contributed by atoms with van der Waals surface area (Å²) in [4.78, 5) is 30.0. The van der Waals surface area contributed by atoms with Gasteiger partial charge >= 0.3 is 5.97 Å². The molecule has 2 heterocycles. The average Bonchev–Trinajstić information content (AvgIpc) is 3.01. The third kappa shape index (κ3) is 3.80. The summed E-state index contributed by atoms with van der Waals surface area (Å²) in [5.74, 6) is -1.28. The Morgan fingerprint density at radius 3 is 2.69 bits per heavy atom. The first-order chi connectivity index (χ1) is 12.5. The highest BCUT2D eigenvalue weighted by atomic mass is 19.1. The highest BCUT2D eigenvalue weighted by molar-refractivity contribution is 6.03. The van der Waals surface area contributed by atoms with Gasteiger partial charge in [0.05, 0.1) is 29.7 Å². The second-order valence-corrected chi connectivity index (χ2v) is 5.56.